The number of nitrogens with one attached hydrogen (secondary N) is 1. The van der Waals surface area contributed by atoms with Crippen molar-refractivity contribution in [1.82, 2.24) is 4.90 Å². The van der Waals surface area contributed by atoms with E-state index in [4.69, 9.17) is 10.5 Å². The predicted molar refractivity (Wildman–Crippen MR) is 117 cm³/mol. The van der Waals surface area contributed by atoms with Crippen LogP contribution in [0.3, 0.4) is 0 Å². The number of anilines is 1. The van der Waals surface area contributed by atoms with Gasteiger partial charge in [-0.15, -0.1) is 24.0 Å². The molecule has 0 aliphatic carbocycles. The molecule has 1 aliphatic rings. The summed E-state index contributed by atoms with van der Waals surface area (Å²) in [4.78, 5) is 7.02. The number of hydrogen-bond donors (Lipinski definition) is 2. The predicted octanol–water partition coefficient (Wildman–Crippen LogP) is 3.94. The average Bonchev–Trinajstić information content (AvgIpc) is 2.55. The van der Waals surface area contributed by atoms with Crippen molar-refractivity contribution in [3.63, 3.8) is 0 Å². The van der Waals surface area contributed by atoms with Gasteiger partial charge in [-0.05, 0) is 70.0 Å². The molecule has 1 atom stereocenters. The fraction of sp³-hybridized carbons (Fsp3) is 0.632. The zero-order valence-electron chi connectivity index (χ0n) is 15.7. The fourth-order valence-electron chi connectivity index (χ4n) is 2.97. The molecule has 1 fully saturated rings. The van der Waals surface area contributed by atoms with Gasteiger partial charge in [-0.3, -0.25) is 4.99 Å². The van der Waals surface area contributed by atoms with E-state index >= 15 is 0 Å². The minimum absolute atomic E-state index is 0. The topological polar surface area (TPSA) is 62.9 Å². The molecule has 1 heterocycles. The molecule has 0 radical (unpaired) electrons. The van der Waals surface area contributed by atoms with Gasteiger partial charge in [0.25, 0.3) is 0 Å². The van der Waals surface area contributed by atoms with Crippen molar-refractivity contribution in [3.05, 3.63) is 24.3 Å². The number of halogens is 1. The lowest BCUT2D eigenvalue weighted by Gasteiger charge is -2.28. The SMILES string of the molecule is CC(CN=C(N)Nc1ccc(OC(C)C)cc1)CN1CCCCC1.I. The summed E-state index contributed by atoms with van der Waals surface area (Å²) in [5, 5.41) is 3.14. The van der Waals surface area contributed by atoms with Gasteiger partial charge in [0.05, 0.1) is 6.10 Å². The normalized spacial score (nSPS) is 17.0. The van der Waals surface area contributed by atoms with Crippen LogP contribution in [0.2, 0.25) is 0 Å². The lowest BCUT2D eigenvalue weighted by atomic mass is 10.1. The molecule has 1 aromatic rings. The van der Waals surface area contributed by atoms with Crippen LogP contribution in [0.15, 0.2) is 29.3 Å². The van der Waals surface area contributed by atoms with Gasteiger partial charge in [0.15, 0.2) is 5.96 Å². The van der Waals surface area contributed by atoms with Crippen LogP contribution >= 0.6 is 24.0 Å². The highest BCUT2D eigenvalue weighted by Gasteiger charge is 2.13. The van der Waals surface area contributed by atoms with E-state index in [9.17, 15) is 0 Å². The summed E-state index contributed by atoms with van der Waals surface area (Å²) in [6.45, 7) is 10.6. The number of ether oxygens (including phenoxy) is 1. The molecule has 1 unspecified atom stereocenters. The summed E-state index contributed by atoms with van der Waals surface area (Å²) in [6.07, 6.45) is 4.21. The molecule has 0 bridgehead atoms. The molecule has 1 saturated heterocycles. The second-order valence-electron chi connectivity index (χ2n) is 7.01. The quantitative estimate of drug-likeness (QED) is 0.368. The van der Waals surface area contributed by atoms with E-state index in [2.05, 4.69) is 22.1 Å². The van der Waals surface area contributed by atoms with Crippen molar-refractivity contribution in [2.45, 2.75) is 46.1 Å². The van der Waals surface area contributed by atoms with Crippen LogP contribution in [0.25, 0.3) is 0 Å². The monoisotopic (exact) mass is 460 g/mol. The first-order valence-electron chi connectivity index (χ1n) is 9.09. The van der Waals surface area contributed by atoms with Crippen molar-refractivity contribution in [2.24, 2.45) is 16.6 Å². The molecule has 142 valence electrons. The first-order chi connectivity index (χ1) is 11.5. The highest BCUT2D eigenvalue weighted by molar-refractivity contribution is 14.0. The van der Waals surface area contributed by atoms with E-state index in [-0.39, 0.29) is 30.1 Å². The lowest BCUT2D eigenvalue weighted by Crippen LogP contribution is -2.34. The van der Waals surface area contributed by atoms with Crippen LogP contribution in [0.5, 0.6) is 5.75 Å². The summed E-state index contributed by atoms with van der Waals surface area (Å²) in [5.74, 6) is 1.85. The molecule has 3 N–H and O–H groups in total. The number of rotatable bonds is 7. The van der Waals surface area contributed by atoms with Crippen LogP contribution in [0.4, 0.5) is 5.69 Å². The first kappa shape index (κ1) is 22.0. The number of nitrogens with zero attached hydrogens (tertiary/aromatic N) is 2. The van der Waals surface area contributed by atoms with Gasteiger partial charge in [-0.25, -0.2) is 0 Å². The zero-order chi connectivity index (χ0) is 17.4. The molecule has 0 saturated carbocycles. The van der Waals surface area contributed by atoms with E-state index in [1.807, 2.05) is 38.1 Å². The molecule has 0 aromatic heterocycles. The Morgan fingerprint density at radius 2 is 1.80 bits per heavy atom. The minimum Gasteiger partial charge on any atom is -0.491 e. The van der Waals surface area contributed by atoms with Gasteiger partial charge >= 0.3 is 0 Å². The van der Waals surface area contributed by atoms with E-state index in [1.165, 1.54) is 32.4 Å². The largest absolute Gasteiger partial charge is 0.491 e. The van der Waals surface area contributed by atoms with E-state index in [0.717, 1.165) is 24.5 Å². The molecule has 1 aromatic carbocycles. The van der Waals surface area contributed by atoms with Crippen molar-refractivity contribution < 1.29 is 4.74 Å². The van der Waals surface area contributed by atoms with Gasteiger partial charge in [0.1, 0.15) is 5.75 Å². The summed E-state index contributed by atoms with van der Waals surface area (Å²) >= 11 is 0. The van der Waals surface area contributed by atoms with Gasteiger partial charge in [-0.1, -0.05) is 13.3 Å². The average molecular weight is 460 g/mol. The van der Waals surface area contributed by atoms with Crippen LogP contribution in [-0.4, -0.2) is 43.1 Å². The molecular formula is C19H33IN4O. The number of hydrogen-bond acceptors (Lipinski definition) is 3. The highest BCUT2D eigenvalue weighted by atomic mass is 127. The third-order valence-electron chi connectivity index (χ3n) is 4.09. The second kappa shape index (κ2) is 11.6. The first-order valence-corrected chi connectivity index (χ1v) is 9.09. The fourth-order valence-corrected chi connectivity index (χ4v) is 2.97. The van der Waals surface area contributed by atoms with Crippen LogP contribution in [0.1, 0.15) is 40.0 Å². The van der Waals surface area contributed by atoms with Gasteiger partial charge in [0.2, 0.25) is 0 Å². The number of aliphatic imine (C=N–C) groups is 1. The van der Waals surface area contributed by atoms with Crippen LogP contribution < -0.4 is 15.8 Å². The number of piperidine rings is 1. The van der Waals surface area contributed by atoms with Crippen molar-refractivity contribution in [1.29, 1.82) is 0 Å². The molecule has 0 spiro atoms. The van der Waals surface area contributed by atoms with E-state index in [1.54, 1.807) is 0 Å². The summed E-state index contributed by atoms with van der Waals surface area (Å²) in [7, 11) is 0. The maximum Gasteiger partial charge on any atom is 0.193 e. The van der Waals surface area contributed by atoms with Crippen LogP contribution in [-0.2, 0) is 0 Å². The Balaban J connectivity index is 0.00000312. The van der Waals surface area contributed by atoms with Gasteiger partial charge < -0.3 is 20.7 Å². The molecule has 25 heavy (non-hydrogen) atoms. The number of benzene rings is 1. The summed E-state index contributed by atoms with van der Waals surface area (Å²) < 4.78 is 5.63. The lowest BCUT2D eigenvalue weighted by molar-refractivity contribution is 0.203. The third kappa shape index (κ3) is 8.76. The maximum atomic E-state index is 6.00. The molecule has 2 rings (SSSR count). The van der Waals surface area contributed by atoms with Crippen molar-refractivity contribution in [2.75, 3.05) is 31.5 Å². The van der Waals surface area contributed by atoms with E-state index < -0.39 is 0 Å². The maximum absolute atomic E-state index is 6.00. The number of nitrogens with two attached hydrogens (primary N) is 1. The van der Waals surface area contributed by atoms with Crippen molar-refractivity contribution >= 4 is 35.6 Å². The Kier molecular flexibility index (Phi) is 10.2. The van der Waals surface area contributed by atoms with Crippen LogP contribution in [0, 0.1) is 5.92 Å². The Hall–Kier alpha value is -1.02. The Morgan fingerprint density at radius 1 is 1.16 bits per heavy atom. The Labute approximate surface area is 169 Å². The third-order valence-corrected chi connectivity index (χ3v) is 4.09. The Morgan fingerprint density at radius 3 is 2.40 bits per heavy atom. The smallest absolute Gasteiger partial charge is 0.193 e. The standard InChI is InChI=1S/C19H32N4O.HI/c1-15(2)24-18-9-7-17(8-10-18)22-19(20)21-13-16(3)14-23-11-5-4-6-12-23;/h7-10,15-16H,4-6,11-14H2,1-3H3,(H3,20,21,22);1H. The summed E-state index contributed by atoms with van der Waals surface area (Å²) in [5.41, 5.74) is 6.93. The minimum atomic E-state index is 0. The molecule has 6 heteroatoms. The van der Waals surface area contributed by atoms with Gasteiger partial charge in [0, 0.05) is 18.8 Å². The Bertz CT molecular complexity index is 513. The molecule has 1 aliphatic heterocycles. The highest BCUT2D eigenvalue weighted by Crippen LogP contribution is 2.16. The number of likely N-dealkylation sites (tertiary alicyclic amines) is 1. The zero-order valence-corrected chi connectivity index (χ0v) is 18.0. The van der Waals surface area contributed by atoms with E-state index in [0.29, 0.717) is 11.9 Å². The second-order valence-corrected chi connectivity index (χ2v) is 7.01. The molecule has 0 amide bonds. The molecular weight excluding hydrogens is 427 g/mol. The van der Waals surface area contributed by atoms with Gasteiger partial charge in [-0.2, -0.15) is 0 Å². The molecule has 5 nitrogen and oxygen atoms in total. The number of guanidine groups is 1. The summed E-state index contributed by atoms with van der Waals surface area (Å²) in [6, 6.07) is 7.79. The van der Waals surface area contributed by atoms with Crippen molar-refractivity contribution in [3.8, 4) is 5.75 Å².